The maximum Gasteiger partial charge on any atom is 0.310 e. The molecule has 0 aliphatic carbocycles. The molecular formula is C18H17Cl2NO3S. The SMILES string of the molecule is COC(=O)Cc1c(C)n(Cc2ccc(Cl)s2)c2cc(Cl)c(OC)cc12. The number of thiophene rings is 1. The third-order valence-corrected chi connectivity index (χ3v) is 5.73. The number of methoxy groups -OCH3 is 2. The van der Waals surface area contributed by atoms with Crippen molar-refractivity contribution in [2.75, 3.05) is 14.2 Å². The number of halogens is 2. The second-order valence-electron chi connectivity index (χ2n) is 5.61. The molecule has 0 fully saturated rings. The zero-order valence-electron chi connectivity index (χ0n) is 14.1. The van der Waals surface area contributed by atoms with Gasteiger partial charge in [0, 0.05) is 16.0 Å². The summed E-state index contributed by atoms with van der Waals surface area (Å²) in [4.78, 5) is 13.0. The minimum atomic E-state index is -0.282. The van der Waals surface area contributed by atoms with Crippen LogP contribution >= 0.6 is 34.5 Å². The van der Waals surface area contributed by atoms with Gasteiger partial charge in [0.1, 0.15) is 5.75 Å². The Balaban J connectivity index is 2.19. The van der Waals surface area contributed by atoms with Crippen LogP contribution in [0.3, 0.4) is 0 Å². The molecular weight excluding hydrogens is 381 g/mol. The van der Waals surface area contributed by atoms with Crippen molar-refractivity contribution in [3.05, 3.63) is 49.8 Å². The molecule has 1 aromatic carbocycles. The van der Waals surface area contributed by atoms with E-state index in [9.17, 15) is 4.79 Å². The summed E-state index contributed by atoms with van der Waals surface area (Å²) in [5.41, 5.74) is 2.86. The summed E-state index contributed by atoms with van der Waals surface area (Å²) in [6.45, 7) is 2.65. The van der Waals surface area contributed by atoms with E-state index in [2.05, 4.69) is 4.57 Å². The van der Waals surface area contributed by atoms with Crippen LogP contribution in [0, 0.1) is 6.92 Å². The number of esters is 1. The van der Waals surface area contributed by atoms with Crippen molar-refractivity contribution in [1.82, 2.24) is 4.57 Å². The van der Waals surface area contributed by atoms with E-state index in [0.717, 1.165) is 31.4 Å². The number of fused-ring (bicyclic) bond motifs is 1. The standard InChI is InChI=1S/C18H17Cl2NO3S/c1-10-12(7-18(22)24-3)13-6-16(23-2)14(19)8-15(13)21(10)9-11-4-5-17(20)25-11/h4-6,8H,7,9H2,1-3H3. The first-order chi connectivity index (χ1) is 11.9. The van der Waals surface area contributed by atoms with Gasteiger partial charge >= 0.3 is 5.97 Å². The van der Waals surface area contributed by atoms with E-state index in [1.54, 1.807) is 7.11 Å². The van der Waals surface area contributed by atoms with Gasteiger partial charge in [-0.3, -0.25) is 4.79 Å². The Bertz CT molecular complexity index is 946. The van der Waals surface area contributed by atoms with Gasteiger partial charge in [0.15, 0.2) is 0 Å². The number of benzene rings is 1. The number of ether oxygens (including phenoxy) is 2. The molecule has 25 heavy (non-hydrogen) atoms. The monoisotopic (exact) mass is 397 g/mol. The van der Waals surface area contributed by atoms with Gasteiger partial charge in [-0.1, -0.05) is 23.2 Å². The van der Waals surface area contributed by atoms with Gasteiger partial charge in [-0.2, -0.15) is 0 Å². The molecule has 0 bridgehead atoms. The topological polar surface area (TPSA) is 40.5 Å². The van der Waals surface area contributed by atoms with Crippen molar-refractivity contribution in [3.8, 4) is 5.75 Å². The Morgan fingerprint density at radius 2 is 2.00 bits per heavy atom. The zero-order chi connectivity index (χ0) is 18.1. The minimum Gasteiger partial charge on any atom is -0.495 e. The fourth-order valence-corrected chi connectivity index (χ4v) is 4.25. The van der Waals surface area contributed by atoms with Crippen molar-refractivity contribution in [1.29, 1.82) is 0 Å². The molecule has 0 saturated heterocycles. The number of rotatable bonds is 5. The summed E-state index contributed by atoms with van der Waals surface area (Å²) < 4.78 is 13.1. The molecule has 132 valence electrons. The highest BCUT2D eigenvalue weighted by atomic mass is 35.5. The van der Waals surface area contributed by atoms with E-state index in [-0.39, 0.29) is 12.4 Å². The lowest BCUT2D eigenvalue weighted by Gasteiger charge is -2.08. The van der Waals surface area contributed by atoms with E-state index in [4.69, 9.17) is 32.7 Å². The van der Waals surface area contributed by atoms with Crippen LogP contribution in [0.1, 0.15) is 16.1 Å². The smallest absolute Gasteiger partial charge is 0.310 e. The molecule has 3 rings (SSSR count). The van der Waals surface area contributed by atoms with Crippen LogP contribution in [-0.4, -0.2) is 24.8 Å². The van der Waals surface area contributed by atoms with Crippen LogP contribution in [0.5, 0.6) is 5.75 Å². The number of aromatic nitrogens is 1. The maximum absolute atomic E-state index is 11.9. The summed E-state index contributed by atoms with van der Waals surface area (Å²) in [6.07, 6.45) is 0.196. The fraction of sp³-hybridized carbons (Fsp3) is 0.278. The van der Waals surface area contributed by atoms with Crippen molar-refractivity contribution in [2.45, 2.75) is 19.9 Å². The van der Waals surface area contributed by atoms with Gasteiger partial charge in [-0.05, 0) is 36.8 Å². The first-order valence-electron chi connectivity index (χ1n) is 7.60. The van der Waals surface area contributed by atoms with E-state index in [1.807, 2.05) is 31.2 Å². The Morgan fingerprint density at radius 3 is 2.60 bits per heavy atom. The van der Waals surface area contributed by atoms with E-state index in [0.29, 0.717) is 17.3 Å². The number of hydrogen-bond acceptors (Lipinski definition) is 4. The average Bonchev–Trinajstić information content (AvgIpc) is 3.11. The lowest BCUT2D eigenvalue weighted by Crippen LogP contribution is -2.06. The molecule has 4 nitrogen and oxygen atoms in total. The Labute approximate surface area is 159 Å². The third kappa shape index (κ3) is 3.50. The van der Waals surface area contributed by atoms with Crippen molar-refractivity contribution in [2.24, 2.45) is 0 Å². The molecule has 3 aromatic rings. The number of carbonyl (C=O) groups is 1. The fourth-order valence-electron chi connectivity index (χ4n) is 2.94. The molecule has 0 amide bonds. The van der Waals surface area contributed by atoms with Crippen molar-refractivity contribution in [3.63, 3.8) is 0 Å². The van der Waals surface area contributed by atoms with Crippen molar-refractivity contribution < 1.29 is 14.3 Å². The first-order valence-corrected chi connectivity index (χ1v) is 9.18. The molecule has 2 aromatic heterocycles. The Morgan fingerprint density at radius 1 is 1.24 bits per heavy atom. The van der Waals surface area contributed by atoms with Gasteiger partial charge < -0.3 is 14.0 Å². The predicted molar refractivity (Wildman–Crippen MR) is 102 cm³/mol. The lowest BCUT2D eigenvalue weighted by molar-refractivity contribution is -0.139. The highest BCUT2D eigenvalue weighted by molar-refractivity contribution is 7.16. The molecule has 0 N–H and O–H groups in total. The molecule has 0 unspecified atom stereocenters. The summed E-state index contributed by atoms with van der Waals surface area (Å²) in [5.74, 6) is 0.298. The van der Waals surface area contributed by atoms with Crippen LogP contribution in [0.15, 0.2) is 24.3 Å². The molecule has 0 radical (unpaired) electrons. The molecule has 0 atom stereocenters. The highest BCUT2D eigenvalue weighted by Gasteiger charge is 2.19. The quantitative estimate of drug-likeness (QED) is 0.562. The van der Waals surface area contributed by atoms with Crippen LogP contribution in [0.2, 0.25) is 9.36 Å². The average molecular weight is 398 g/mol. The summed E-state index contributed by atoms with van der Waals surface area (Å²) >= 11 is 13.9. The van der Waals surface area contributed by atoms with E-state index >= 15 is 0 Å². The number of nitrogens with zero attached hydrogens (tertiary/aromatic N) is 1. The summed E-state index contributed by atoms with van der Waals surface area (Å²) in [7, 11) is 2.96. The molecule has 0 aliphatic rings. The zero-order valence-corrected chi connectivity index (χ0v) is 16.4. The minimum absolute atomic E-state index is 0.196. The van der Waals surface area contributed by atoms with Crippen LogP contribution in [0.25, 0.3) is 10.9 Å². The second-order valence-corrected chi connectivity index (χ2v) is 7.82. The Hall–Kier alpha value is -1.69. The predicted octanol–water partition coefficient (Wildman–Crippen LogP) is 5.09. The van der Waals surface area contributed by atoms with Crippen LogP contribution < -0.4 is 4.74 Å². The second kappa shape index (κ2) is 7.28. The van der Waals surface area contributed by atoms with Gasteiger partial charge in [0.25, 0.3) is 0 Å². The lowest BCUT2D eigenvalue weighted by atomic mass is 10.1. The van der Waals surface area contributed by atoms with E-state index in [1.165, 1.54) is 18.4 Å². The van der Waals surface area contributed by atoms with Gasteiger partial charge in [-0.15, -0.1) is 11.3 Å². The molecule has 0 spiro atoms. The molecule has 0 aliphatic heterocycles. The third-order valence-electron chi connectivity index (χ3n) is 4.22. The first kappa shape index (κ1) is 18.1. The number of hydrogen-bond donors (Lipinski definition) is 0. The van der Waals surface area contributed by atoms with Gasteiger partial charge in [0.2, 0.25) is 0 Å². The molecule has 7 heteroatoms. The number of carbonyl (C=O) groups excluding carboxylic acids is 1. The summed E-state index contributed by atoms with van der Waals surface area (Å²) in [5, 5.41) is 1.47. The van der Waals surface area contributed by atoms with Crippen LogP contribution in [-0.2, 0) is 22.5 Å². The van der Waals surface area contributed by atoms with Gasteiger partial charge in [0.05, 0.1) is 42.1 Å². The van der Waals surface area contributed by atoms with Crippen LogP contribution in [0.4, 0.5) is 0 Å². The largest absolute Gasteiger partial charge is 0.495 e. The Kier molecular flexibility index (Phi) is 5.27. The van der Waals surface area contributed by atoms with Gasteiger partial charge in [-0.25, -0.2) is 0 Å². The summed E-state index contributed by atoms with van der Waals surface area (Å²) in [6, 6.07) is 7.64. The maximum atomic E-state index is 11.9. The van der Waals surface area contributed by atoms with E-state index < -0.39 is 0 Å². The highest BCUT2D eigenvalue weighted by Crippen LogP contribution is 2.36. The normalized spacial score (nSPS) is 11.1. The molecule has 0 saturated carbocycles. The molecule has 2 heterocycles. The van der Waals surface area contributed by atoms with Crippen molar-refractivity contribution >= 4 is 51.4 Å².